The fourth-order valence-corrected chi connectivity index (χ4v) is 3.81. The third-order valence-electron chi connectivity index (χ3n) is 5.44. The number of hydrogen-bond acceptors (Lipinski definition) is 6. The largest absolute Gasteiger partial charge is 0.489 e. The second-order valence-corrected chi connectivity index (χ2v) is 8.29. The molecule has 0 bridgehead atoms. The van der Waals surface area contributed by atoms with Gasteiger partial charge < -0.3 is 19.1 Å². The van der Waals surface area contributed by atoms with E-state index in [9.17, 15) is 4.79 Å². The van der Waals surface area contributed by atoms with E-state index in [2.05, 4.69) is 11.1 Å². The van der Waals surface area contributed by atoms with Crippen LogP contribution in [0.4, 0.5) is 4.79 Å². The van der Waals surface area contributed by atoms with Gasteiger partial charge in [0, 0.05) is 25.5 Å². The third-order valence-corrected chi connectivity index (χ3v) is 5.44. The number of amides is 1. The van der Waals surface area contributed by atoms with Crippen LogP contribution in [0.5, 0.6) is 5.75 Å². The lowest BCUT2D eigenvalue weighted by atomic mass is 9.94. The molecule has 0 spiro atoms. The zero-order chi connectivity index (χ0) is 20.6. The van der Waals surface area contributed by atoms with Crippen molar-refractivity contribution in [3.63, 3.8) is 0 Å². The topological polar surface area (TPSA) is 84.7 Å². The summed E-state index contributed by atoms with van der Waals surface area (Å²) in [5, 5.41) is 9.16. The minimum atomic E-state index is -0.206. The van der Waals surface area contributed by atoms with Gasteiger partial charge in [0.05, 0.1) is 24.9 Å². The fourth-order valence-electron chi connectivity index (χ4n) is 3.81. The molecule has 1 aromatic rings. The molecule has 158 valence electrons. The van der Waals surface area contributed by atoms with E-state index in [4.69, 9.17) is 19.5 Å². The van der Waals surface area contributed by atoms with E-state index in [1.165, 1.54) is 6.20 Å². The Morgan fingerprint density at radius 1 is 1.17 bits per heavy atom. The molecule has 0 atom stereocenters. The van der Waals surface area contributed by atoms with E-state index in [0.717, 1.165) is 38.5 Å². The Kier molecular flexibility index (Phi) is 7.70. The molecule has 1 amide bonds. The molecule has 0 radical (unpaired) electrons. The van der Waals surface area contributed by atoms with Gasteiger partial charge in [-0.2, -0.15) is 5.26 Å². The van der Waals surface area contributed by atoms with E-state index in [1.807, 2.05) is 13.8 Å². The molecule has 29 heavy (non-hydrogen) atoms. The highest BCUT2D eigenvalue weighted by molar-refractivity contribution is 5.67. The highest BCUT2D eigenvalue weighted by atomic mass is 16.6. The molecule has 1 saturated carbocycles. The van der Waals surface area contributed by atoms with E-state index in [0.29, 0.717) is 36.9 Å². The molecule has 0 N–H and O–H groups in total. The zero-order valence-corrected chi connectivity index (χ0v) is 17.4. The number of ether oxygens (including phenoxy) is 3. The van der Waals surface area contributed by atoms with Gasteiger partial charge in [0.25, 0.3) is 0 Å². The standard InChI is InChI=1S/C22H31N3O4/c1-16(2)15-27-22(26)25-11-8-20(9-12-25)28-18-3-5-19(6-4-18)29-21-7-10-24-14-17(21)13-23/h7,10,14,16,18-20H,3-6,8-9,11-12,15H2,1-2H3. The molecular weight excluding hydrogens is 370 g/mol. The number of carbonyl (C=O) groups is 1. The van der Waals surface area contributed by atoms with Crippen molar-refractivity contribution < 1.29 is 19.0 Å². The van der Waals surface area contributed by atoms with Crippen LogP contribution in [0, 0.1) is 17.2 Å². The Morgan fingerprint density at radius 2 is 1.83 bits per heavy atom. The summed E-state index contributed by atoms with van der Waals surface area (Å²) >= 11 is 0. The first kappa shape index (κ1) is 21.4. The maximum Gasteiger partial charge on any atom is 0.409 e. The molecule has 1 saturated heterocycles. The van der Waals surface area contributed by atoms with Gasteiger partial charge in [-0.3, -0.25) is 4.98 Å². The van der Waals surface area contributed by atoms with Crippen molar-refractivity contribution in [2.75, 3.05) is 19.7 Å². The van der Waals surface area contributed by atoms with Gasteiger partial charge in [0.1, 0.15) is 17.4 Å². The molecule has 1 aromatic heterocycles. The number of carbonyl (C=O) groups excluding carboxylic acids is 1. The summed E-state index contributed by atoms with van der Waals surface area (Å²) in [5.41, 5.74) is 0.476. The first-order valence-electron chi connectivity index (χ1n) is 10.6. The Balaban J connectivity index is 1.36. The van der Waals surface area contributed by atoms with E-state index >= 15 is 0 Å². The number of likely N-dealkylation sites (tertiary alicyclic amines) is 1. The highest BCUT2D eigenvalue weighted by Gasteiger charge is 2.29. The van der Waals surface area contributed by atoms with Crippen LogP contribution in [0.25, 0.3) is 0 Å². The molecule has 2 heterocycles. The fraction of sp³-hybridized carbons (Fsp3) is 0.682. The summed E-state index contributed by atoms with van der Waals surface area (Å²) in [6, 6.07) is 3.87. The van der Waals surface area contributed by atoms with Gasteiger partial charge in [-0.15, -0.1) is 0 Å². The zero-order valence-electron chi connectivity index (χ0n) is 17.4. The number of pyridine rings is 1. The normalized spacial score (nSPS) is 22.9. The van der Waals surface area contributed by atoms with Crippen molar-refractivity contribution in [2.45, 2.75) is 70.7 Å². The minimum Gasteiger partial charge on any atom is -0.489 e. The van der Waals surface area contributed by atoms with Crippen LogP contribution in [0.15, 0.2) is 18.5 Å². The van der Waals surface area contributed by atoms with Crippen LogP contribution < -0.4 is 4.74 Å². The highest BCUT2D eigenvalue weighted by Crippen LogP contribution is 2.29. The molecule has 2 fully saturated rings. The first-order chi connectivity index (χ1) is 14.0. The lowest BCUT2D eigenvalue weighted by Gasteiger charge is -2.35. The Hall–Kier alpha value is -2.33. The van der Waals surface area contributed by atoms with E-state index in [-0.39, 0.29) is 24.4 Å². The number of aromatic nitrogens is 1. The van der Waals surface area contributed by atoms with Gasteiger partial charge in [-0.25, -0.2) is 4.79 Å². The van der Waals surface area contributed by atoms with Gasteiger partial charge in [-0.1, -0.05) is 13.8 Å². The Morgan fingerprint density at radius 3 is 2.48 bits per heavy atom. The van der Waals surface area contributed by atoms with Gasteiger partial charge in [0.2, 0.25) is 0 Å². The van der Waals surface area contributed by atoms with E-state index < -0.39 is 0 Å². The van der Waals surface area contributed by atoms with Crippen molar-refractivity contribution in [2.24, 2.45) is 5.92 Å². The average molecular weight is 402 g/mol. The molecule has 1 aliphatic carbocycles. The Bertz CT molecular complexity index is 702. The van der Waals surface area contributed by atoms with Crippen LogP contribution in [-0.4, -0.2) is 54.0 Å². The summed E-state index contributed by atoms with van der Waals surface area (Å²) in [5.74, 6) is 0.965. The maximum atomic E-state index is 12.1. The van der Waals surface area contributed by atoms with Gasteiger partial charge in [-0.05, 0) is 50.5 Å². The monoisotopic (exact) mass is 401 g/mol. The average Bonchev–Trinajstić information content (AvgIpc) is 2.74. The number of nitrogens with zero attached hydrogens (tertiary/aromatic N) is 3. The molecule has 1 aliphatic heterocycles. The number of nitriles is 1. The summed E-state index contributed by atoms with van der Waals surface area (Å²) in [6.45, 7) is 5.92. The summed E-state index contributed by atoms with van der Waals surface area (Å²) in [4.78, 5) is 17.8. The van der Waals surface area contributed by atoms with Crippen LogP contribution in [-0.2, 0) is 9.47 Å². The SMILES string of the molecule is CC(C)COC(=O)N1CCC(OC2CCC(Oc3ccncc3C#N)CC2)CC1. The van der Waals surface area contributed by atoms with Crippen molar-refractivity contribution in [3.8, 4) is 11.8 Å². The number of hydrogen-bond donors (Lipinski definition) is 0. The van der Waals surface area contributed by atoms with Crippen molar-refractivity contribution in [1.29, 1.82) is 5.26 Å². The lowest BCUT2D eigenvalue weighted by Crippen LogP contribution is -2.43. The van der Waals surface area contributed by atoms with Gasteiger partial charge >= 0.3 is 6.09 Å². The minimum absolute atomic E-state index is 0.113. The predicted molar refractivity (Wildman–Crippen MR) is 107 cm³/mol. The quantitative estimate of drug-likeness (QED) is 0.718. The molecule has 7 nitrogen and oxygen atoms in total. The Labute approximate surface area is 172 Å². The van der Waals surface area contributed by atoms with Crippen molar-refractivity contribution in [3.05, 3.63) is 24.0 Å². The number of rotatable bonds is 6. The molecular formula is C22H31N3O4. The second kappa shape index (κ2) is 10.4. The van der Waals surface area contributed by atoms with Gasteiger partial charge in [0.15, 0.2) is 0 Å². The molecule has 0 aromatic carbocycles. The van der Waals surface area contributed by atoms with Crippen LogP contribution in [0.1, 0.15) is 57.9 Å². The predicted octanol–water partition coefficient (Wildman–Crippen LogP) is 3.92. The summed E-state index contributed by atoms with van der Waals surface area (Å²) in [6.07, 6.45) is 8.99. The van der Waals surface area contributed by atoms with Crippen LogP contribution in [0.3, 0.4) is 0 Å². The third kappa shape index (κ3) is 6.33. The molecule has 7 heteroatoms. The number of piperidine rings is 1. The molecule has 3 rings (SSSR count). The smallest absolute Gasteiger partial charge is 0.409 e. The summed E-state index contributed by atoms with van der Waals surface area (Å²) < 4.78 is 17.6. The van der Waals surface area contributed by atoms with E-state index in [1.54, 1.807) is 17.2 Å². The van der Waals surface area contributed by atoms with Crippen molar-refractivity contribution >= 4 is 6.09 Å². The molecule has 0 unspecified atom stereocenters. The molecule has 2 aliphatic rings. The van der Waals surface area contributed by atoms with Crippen molar-refractivity contribution in [1.82, 2.24) is 9.88 Å². The second-order valence-electron chi connectivity index (χ2n) is 8.29. The first-order valence-corrected chi connectivity index (χ1v) is 10.6. The lowest BCUT2D eigenvalue weighted by molar-refractivity contribution is -0.0652. The maximum absolute atomic E-state index is 12.1. The van der Waals surface area contributed by atoms with Crippen LogP contribution >= 0.6 is 0 Å². The summed E-state index contributed by atoms with van der Waals surface area (Å²) in [7, 11) is 0. The van der Waals surface area contributed by atoms with Crippen LogP contribution in [0.2, 0.25) is 0 Å².